The zero-order valence-electron chi connectivity index (χ0n) is 15.5. The van der Waals surface area contributed by atoms with E-state index < -0.39 is 17.7 Å². The normalized spacial score (nSPS) is 12.5. The van der Waals surface area contributed by atoms with Gasteiger partial charge in [0.05, 0.1) is 6.54 Å². The van der Waals surface area contributed by atoms with Crippen LogP contribution in [0.25, 0.3) is 10.8 Å². The summed E-state index contributed by atoms with van der Waals surface area (Å²) in [6.07, 6.45) is -0.305. The number of nitrogens with one attached hydrogen (secondary N) is 1. The Morgan fingerprint density at radius 1 is 1.15 bits per heavy atom. The number of amides is 1. The second-order valence-corrected chi connectivity index (χ2v) is 7.03. The molecule has 0 aliphatic carbocycles. The number of ether oxygens (including phenoxy) is 2. The van der Waals surface area contributed by atoms with Crippen molar-refractivity contribution in [2.75, 3.05) is 6.54 Å². The third-order valence-corrected chi connectivity index (χ3v) is 3.70. The summed E-state index contributed by atoms with van der Waals surface area (Å²) in [6, 6.07) is 10.8. The molecule has 0 fully saturated rings. The van der Waals surface area contributed by atoms with Crippen molar-refractivity contribution in [2.45, 2.75) is 45.8 Å². The highest BCUT2D eigenvalue weighted by Crippen LogP contribution is 2.27. The summed E-state index contributed by atoms with van der Waals surface area (Å²) >= 11 is 0. The van der Waals surface area contributed by atoms with Gasteiger partial charge in [0.15, 0.2) is 0 Å². The summed E-state index contributed by atoms with van der Waals surface area (Å²) in [5.74, 6) is -0.769. The van der Waals surface area contributed by atoms with Crippen LogP contribution < -0.4 is 10.1 Å². The molecule has 1 unspecified atom stereocenters. The maximum absolute atomic E-state index is 11.8. The minimum Gasteiger partial charge on any atom is -0.488 e. The number of carboxylic acid groups (broad SMARTS) is 1. The van der Waals surface area contributed by atoms with Crippen LogP contribution in [0.5, 0.6) is 5.75 Å². The summed E-state index contributed by atoms with van der Waals surface area (Å²) in [5, 5.41) is 13.9. The molecule has 1 atom stereocenters. The number of hydrogen-bond acceptors (Lipinski definition) is 4. The lowest BCUT2D eigenvalue weighted by Crippen LogP contribution is -2.38. The molecule has 0 aliphatic rings. The van der Waals surface area contributed by atoms with Crippen LogP contribution in [-0.2, 0) is 4.74 Å². The molecule has 1 amide bonds. The average Bonchev–Trinajstić information content (AvgIpc) is 2.56. The molecular formula is C20H25NO5. The van der Waals surface area contributed by atoms with Crippen LogP contribution in [0.1, 0.15) is 44.5 Å². The van der Waals surface area contributed by atoms with Crippen molar-refractivity contribution in [3.8, 4) is 5.75 Å². The molecule has 6 heteroatoms. The maximum atomic E-state index is 11.8. The van der Waals surface area contributed by atoms with Crippen molar-refractivity contribution >= 4 is 22.8 Å². The van der Waals surface area contributed by atoms with Gasteiger partial charge in [0.1, 0.15) is 23.0 Å². The van der Waals surface area contributed by atoms with Gasteiger partial charge in [-0.25, -0.2) is 9.59 Å². The maximum Gasteiger partial charge on any atom is 0.407 e. The summed E-state index contributed by atoms with van der Waals surface area (Å²) in [4.78, 5) is 23.4. The Balaban J connectivity index is 2.15. The van der Waals surface area contributed by atoms with Gasteiger partial charge in [-0.2, -0.15) is 0 Å². The number of aromatic carboxylic acids is 1. The van der Waals surface area contributed by atoms with Crippen LogP contribution >= 0.6 is 0 Å². The lowest BCUT2D eigenvalue weighted by molar-refractivity contribution is 0.0496. The van der Waals surface area contributed by atoms with Crippen LogP contribution in [0.15, 0.2) is 36.4 Å². The zero-order chi connectivity index (χ0) is 19.3. The van der Waals surface area contributed by atoms with E-state index in [4.69, 9.17) is 9.47 Å². The van der Waals surface area contributed by atoms with Crippen molar-refractivity contribution in [1.29, 1.82) is 0 Å². The van der Waals surface area contributed by atoms with Crippen LogP contribution in [-0.4, -0.2) is 35.4 Å². The summed E-state index contributed by atoms with van der Waals surface area (Å²) in [5.41, 5.74) is -0.485. The first kappa shape index (κ1) is 19.6. The van der Waals surface area contributed by atoms with Crippen molar-refractivity contribution < 1.29 is 24.2 Å². The molecule has 0 aromatic heterocycles. The largest absolute Gasteiger partial charge is 0.488 e. The van der Waals surface area contributed by atoms with Gasteiger partial charge in [-0.1, -0.05) is 31.2 Å². The number of carbonyl (C=O) groups excluding carboxylic acids is 1. The van der Waals surface area contributed by atoms with E-state index in [1.807, 2.05) is 31.2 Å². The quantitative estimate of drug-likeness (QED) is 0.806. The number of rotatable bonds is 6. The van der Waals surface area contributed by atoms with E-state index in [0.717, 1.165) is 10.8 Å². The van der Waals surface area contributed by atoms with Gasteiger partial charge in [-0.15, -0.1) is 0 Å². The number of fused-ring (bicyclic) bond motifs is 1. The molecular weight excluding hydrogens is 334 g/mol. The van der Waals surface area contributed by atoms with Gasteiger partial charge in [0.25, 0.3) is 0 Å². The number of benzene rings is 2. The monoisotopic (exact) mass is 359 g/mol. The molecule has 0 heterocycles. The van der Waals surface area contributed by atoms with Gasteiger partial charge in [0.2, 0.25) is 0 Å². The van der Waals surface area contributed by atoms with E-state index in [1.54, 1.807) is 32.9 Å². The van der Waals surface area contributed by atoms with Crippen LogP contribution in [0.3, 0.4) is 0 Å². The molecule has 0 saturated carbocycles. The van der Waals surface area contributed by atoms with Gasteiger partial charge in [-0.3, -0.25) is 0 Å². The van der Waals surface area contributed by atoms with Gasteiger partial charge < -0.3 is 19.9 Å². The van der Waals surface area contributed by atoms with Crippen LogP contribution in [0.4, 0.5) is 4.79 Å². The molecule has 26 heavy (non-hydrogen) atoms. The lowest BCUT2D eigenvalue weighted by atomic mass is 10.1. The smallest absolute Gasteiger partial charge is 0.407 e. The first-order chi connectivity index (χ1) is 12.2. The predicted molar refractivity (Wildman–Crippen MR) is 99.9 cm³/mol. The highest BCUT2D eigenvalue weighted by Gasteiger charge is 2.20. The fraction of sp³-hybridized carbons (Fsp3) is 0.400. The minimum atomic E-state index is -1.05. The SMILES string of the molecule is CCC(CNC(=O)OC(C)(C)C)Oc1cc2ccccc2cc1C(=O)O. The third-order valence-electron chi connectivity index (χ3n) is 3.70. The molecule has 2 rings (SSSR count). The molecule has 0 bridgehead atoms. The Morgan fingerprint density at radius 3 is 2.31 bits per heavy atom. The fourth-order valence-corrected chi connectivity index (χ4v) is 2.44. The topological polar surface area (TPSA) is 84.9 Å². The second kappa shape index (κ2) is 8.08. The Morgan fingerprint density at radius 2 is 1.77 bits per heavy atom. The first-order valence-corrected chi connectivity index (χ1v) is 8.59. The van der Waals surface area contributed by atoms with E-state index >= 15 is 0 Å². The zero-order valence-corrected chi connectivity index (χ0v) is 15.5. The molecule has 0 radical (unpaired) electrons. The van der Waals surface area contributed by atoms with Crippen molar-refractivity contribution in [3.63, 3.8) is 0 Å². The minimum absolute atomic E-state index is 0.0967. The molecule has 2 N–H and O–H groups in total. The number of carbonyl (C=O) groups is 2. The second-order valence-electron chi connectivity index (χ2n) is 7.03. The predicted octanol–water partition coefficient (Wildman–Crippen LogP) is 4.22. The number of alkyl carbamates (subject to hydrolysis) is 1. The Bertz CT molecular complexity index is 794. The van der Waals surface area contributed by atoms with E-state index in [1.165, 1.54) is 0 Å². The molecule has 0 spiro atoms. The molecule has 6 nitrogen and oxygen atoms in total. The molecule has 0 aliphatic heterocycles. The van der Waals surface area contributed by atoms with E-state index in [-0.39, 0.29) is 24.0 Å². The van der Waals surface area contributed by atoms with Crippen LogP contribution in [0, 0.1) is 0 Å². The third kappa shape index (κ3) is 5.37. The highest BCUT2D eigenvalue weighted by atomic mass is 16.6. The Hall–Kier alpha value is -2.76. The van der Waals surface area contributed by atoms with Gasteiger partial charge in [0, 0.05) is 0 Å². The summed E-state index contributed by atoms with van der Waals surface area (Å²) in [6.45, 7) is 7.48. The fourth-order valence-electron chi connectivity index (χ4n) is 2.44. The summed E-state index contributed by atoms with van der Waals surface area (Å²) < 4.78 is 11.1. The van der Waals surface area contributed by atoms with Crippen molar-refractivity contribution in [2.24, 2.45) is 0 Å². The van der Waals surface area contributed by atoms with E-state index in [9.17, 15) is 14.7 Å². The number of hydrogen-bond donors (Lipinski definition) is 2. The molecule has 0 saturated heterocycles. The average molecular weight is 359 g/mol. The van der Waals surface area contributed by atoms with Crippen molar-refractivity contribution in [1.82, 2.24) is 5.32 Å². The van der Waals surface area contributed by atoms with Crippen LogP contribution in [0.2, 0.25) is 0 Å². The Labute approximate surface area is 153 Å². The molecule has 2 aromatic carbocycles. The molecule has 140 valence electrons. The summed E-state index contributed by atoms with van der Waals surface area (Å²) in [7, 11) is 0. The molecule has 2 aromatic rings. The van der Waals surface area contributed by atoms with Gasteiger partial charge >= 0.3 is 12.1 Å². The standard InChI is InChI=1S/C20H25NO5/c1-5-15(12-21-19(24)26-20(2,3)4)25-17-11-14-9-7-6-8-13(14)10-16(17)18(22)23/h6-11,15H,5,12H2,1-4H3,(H,21,24)(H,22,23). The first-order valence-electron chi connectivity index (χ1n) is 8.59. The highest BCUT2D eigenvalue weighted by molar-refractivity contribution is 5.97. The van der Waals surface area contributed by atoms with Gasteiger partial charge in [-0.05, 0) is 50.1 Å². The lowest BCUT2D eigenvalue weighted by Gasteiger charge is -2.22. The van der Waals surface area contributed by atoms with Crippen molar-refractivity contribution in [3.05, 3.63) is 42.0 Å². The Kier molecular flexibility index (Phi) is 6.08. The number of carboxylic acids is 1. The van der Waals surface area contributed by atoms with E-state index in [2.05, 4.69) is 5.32 Å². The van der Waals surface area contributed by atoms with E-state index in [0.29, 0.717) is 6.42 Å².